The molecule has 0 fully saturated rings. The Balaban J connectivity index is 0.00000484. The number of methoxy groups -OCH3 is 1. The Labute approximate surface area is 156 Å². The van der Waals surface area contributed by atoms with E-state index in [2.05, 4.69) is 36.4 Å². The molecular weight excluding hydrogens is 405 g/mol. The van der Waals surface area contributed by atoms with Crippen molar-refractivity contribution in [1.82, 2.24) is 10.6 Å². The van der Waals surface area contributed by atoms with Crippen molar-refractivity contribution in [3.63, 3.8) is 0 Å². The van der Waals surface area contributed by atoms with E-state index in [0.717, 1.165) is 23.7 Å². The number of guanidine groups is 1. The van der Waals surface area contributed by atoms with Crippen LogP contribution in [0, 0.1) is 5.92 Å². The second kappa shape index (κ2) is 11.4. The Morgan fingerprint density at radius 3 is 2.52 bits per heavy atom. The maximum atomic E-state index is 9.89. The molecule has 0 saturated carbocycles. The lowest BCUT2D eigenvalue weighted by molar-refractivity contribution is 0.410. The zero-order valence-corrected chi connectivity index (χ0v) is 17.0. The van der Waals surface area contributed by atoms with Gasteiger partial charge in [0.2, 0.25) is 0 Å². The molecule has 1 unspecified atom stereocenters. The van der Waals surface area contributed by atoms with Crippen molar-refractivity contribution >= 4 is 29.9 Å². The predicted molar refractivity (Wildman–Crippen MR) is 107 cm³/mol. The van der Waals surface area contributed by atoms with Gasteiger partial charge in [0.25, 0.3) is 0 Å². The van der Waals surface area contributed by atoms with Crippen LogP contribution in [0.3, 0.4) is 0 Å². The molecule has 0 radical (unpaired) electrons. The van der Waals surface area contributed by atoms with Gasteiger partial charge in [-0.1, -0.05) is 13.8 Å². The largest absolute Gasteiger partial charge is 0.508 e. The van der Waals surface area contributed by atoms with Crippen LogP contribution in [0.15, 0.2) is 23.2 Å². The summed E-state index contributed by atoms with van der Waals surface area (Å²) in [5, 5.41) is 16.5. The molecule has 1 aromatic rings. The van der Waals surface area contributed by atoms with Gasteiger partial charge in [0.1, 0.15) is 11.5 Å². The van der Waals surface area contributed by atoms with Crippen LogP contribution in [-0.2, 0) is 6.54 Å². The van der Waals surface area contributed by atoms with Crippen molar-refractivity contribution in [3.05, 3.63) is 23.8 Å². The average Bonchev–Trinajstić information content (AvgIpc) is 2.50. The van der Waals surface area contributed by atoms with Crippen molar-refractivity contribution in [2.24, 2.45) is 10.9 Å². The molecule has 0 aromatic heterocycles. The number of phenols is 1. The first-order valence-corrected chi connectivity index (χ1v) is 7.79. The third-order valence-electron chi connectivity index (χ3n) is 3.52. The molecular formula is C17H30IN3O2. The lowest BCUT2D eigenvalue weighted by Crippen LogP contribution is -2.41. The number of rotatable bonds is 7. The quantitative estimate of drug-likeness (QED) is 0.349. The number of halogens is 1. The first kappa shape index (κ1) is 21.8. The summed E-state index contributed by atoms with van der Waals surface area (Å²) in [5.41, 5.74) is 0.775. The van der Waals surface area contributed by atoms with Crippen LogP contribution in [0.25, 0.3) is 0 Å². The first-order valence-electron chi connectivity index (χ1n) is 7.79. The summed E-state index contributed by atoms with van der Waals surface area (Å²) < 4.78 is 5.18. The summed E-state index contributed by atoms with van der Waals surface area (Å²) >= 11 is 0. The molecule has 132 valence electrons. The zero-order chi connectivity index (χ0) is 16.5. The molecule has 6 heteroatoms. The van der Waals surface area contributed by atoms with Crippen LogP contribution in [0.1, 0.15) is 39.2 Å². The predicted octanol–water partition coefficient (Wildman–Crippen LogP) is 3.51. The lowest BCUT2D eigenvalue weighted by Gasteiger charge is -2.19. The van der Waals surface area contributed by atoms with Gasteiger partial charge in [-0.05, 0) is 43.9 Å². The summed E-state index contributed by atoms with van der Waals surface area (Å²) in [5.74, 6) is 2.41. The maximum absolute atomic E-state index is 9.89. The number of aromatic hydroxyl groups is 1. The van der Waals surface area contributed by atoms with Crippen LogP contribution in [0.5, 0.6) is 11.5 Å². The highest BCUT2D eigenvalue weighted by atomic mass is 127. The summed E-state index contributed by atoms with van der Waals surface area (Å²) in [6, 6.07) is 5.54. The van der Waals surface area contributed by atoms with E-state index >= 15 is 0 Å². The van der Waals surface area contributed by atoms with Crippen LogP contribution >= 0.6 is 24.0 Å². The highest BCUT2D eigenvalue weighted by Crippen LogP contribution is 2.22. The number of aliphatic imine (C=N–C) groups is 1. The van der Waals surface area contributed by atoms with Gasteiger partial charge < -0.3 is 20.5 Å². The first-order chi connectivity index (χ1) is 10.5. The van der Waals surface area contributed by atoms with Gasteiger partial charge in [0, 0.05) is 25.2 Å². The van der Waals surface area contributed by atoms with Crippen LogP contribution in [0.4, 0.5) is 0 Å². The molecule has 0 amide bonds. The Morgan fingerprint density at radius 2 is 1.96 bits per heavy atom. The van der Waals surface area contributed by atoms with E-state index in [9.17, 15) is 5.11 Å². The van der Waals surface area contributed by atoms with Crippen molar-refractivity contribution in [1.29, 1.82) is 0 Å². The molecule has 23 heavy (non-hydrogen) atoms. The summed E-state index contributed by atoms with van der Waals surface area (Å²) in [6.07, 6.45) is 2.28. The molecule has 0 spiro atoms. The number of nitrogens with zero attached hydrogens (tertiary/aromatic N) is 1. The van der Waals surface area contributed by atoms with E-state index in [-0.39, 0.29) is 29.7 Å². The molecule has 0 aliphatic carbocycles. The minimum absolute atomic E-state index is 0. The van der Waals surface area contributed by atoms with E-state index in [0.29, 0.717) is 18.5 Å². The van der Waals surface area contributed by atoms with Crippen molar-refractivity contribution in [2.75, 3.05) is 14.2 Å². The average molecular weight is 435 g/mol. The molecule has 0 aliphatic heterocycles. The Hall–Kier alpha value is -1.18. The molecule has 0 heterocycles. The second-order valence-electron chi connectivity index (χ2n) is 5.94. The normalized spacial score (nSPS) is 12.5. The maximum Gasteiger partial charge on any atom is 0.191 e. The Kier molecular flexibility index (Phi) is 10.8. The minimum Gasteiger partial charge on any atom is -0.508 e. The van der Waals surface area contributed by atoms with E-state index in [1.165, 1.54) is 6.42 Å². The van der Waals surface area contributed by atoms with E-state index in [4.69, 9.17) is 4.74 Å². The highest BCUT2D eigenvalue weighted by molar-refractivity contribution is 14.0. The summed E-state index contributed by atoms with van der Waals surface area (Å²) in [7, 11) is 3.36. The molecule has 0 bridgehead atoms. The third kappa shape index (κ3) is 8.29. The van der Waals surface area contributed by atoms with Gasteiger partial charge in [0.15, 0.2) is 5.96 Å². The van der Waals surface area contributed by atoms with Gasteiger partial charge in [-0.3, -0.25) is 4.99 Å². The SMILES string of the molecule is CN=C(NCc1cc(OC)ccc1O)NC(C)CCC(C)C.I. The number of nitrogens with one attached hydrogen (secondary N) is 2. The van der Waals surface area contributed by atoms with Gasteiger partial charge in [-0.15, -0.1) is 24.0 Å². The topological polar surface area (TPSA) is 65.9 Å². The minimum atomic E-state index is 0. The van der Waals surface area contributed by atoms with Gasteiger partial charge in [-0.25, -0.2) is 0 Å². The third-order valence-corrected chi connectivity index (χ3v) is 3.52. The number of phenolic OH excluding ortho intramolecular Hbond substituents is 1. The molecule has 1 aromatic carbocycles. The number of benzene rings is 1. The Bertz CT molecular complexity index is 493. The Morgan fingerprint density at radius 1 is 1.26 bits per heavy atom. The fraction of sp³-hybridized carbons (Fsp3) is 0.588. The lowest BCUT2D eigenvalue weighted by atomic mass is 10.0. The summed E-state index contributed by atoms with van der Waals surface area (Å²) in [4.78, 5) is 4.22. The van der Waals surface area contributed by atoms with E-state index < -0.39 is 0 Å². The molecule has 1 atom stereocenters. The standard InChI is InChI=1S/C17H29N3O2.HI/c1-12(2)6-7-13(3)20-17(18-4)19-11-14-10-15(22-5)8-9-16(14)21;/h8-10,12-13,21H,6-7,11H2,1-5H3,(H2,18,19,20);1H. The van der Waals surface area contributed by atoms with Crippen LogP contribution in [0.2, 0.25) is 0 Å². The van der Waals surface area contributed by atoms with Gasteiger partial charge >= 0.3 is 0 Å². The molecule has 0 aliphatic rings. The van der Waals surface area contributed by atoms with Crippen LogP contribution in [-0.4, -0.2) is 31.3 Å². The van der Waals surface area contributed by atoms with Crippen molar-refractivity contribution < 1.29 is 9.84 Å². The van der Waals surface area contributed by atoms with Crippen molar-refractivity contribution in [2.45, 2.75) is 46.2 Å². The van der Waals surface area contributed by atoms with E-state index in [1.807, 2.05) is 6.07 Å². The van der Waals surface area contributed by atoms with E-state index in [1.54, 1.807) is 26.3 Å². The smallest absolute Gasteiger partial charge is 0.191 e. The van der Waals surface area contributed by atoms with Gasteiger partial charge in [-0.2, -0.15) is 0 Å². The summed E-state index contributed by atoms with van der Waals surface area (Å²) in [6.45, 7) is 7.09. The van der Waals surface area contributed by atoms with Crippen molar-refractivity contribution in [3.8, 4) is 11.5 Å². The number of hydrogen-bond acceptors (Lipinski definition) is 3. The fourth-order valence-corrected chi connectivity index (χ4v) is 2.09. The highest BCUT2D eigenvalue weighted by Gasteiger charge is 2.08. The molecule has 3 N–H and O–H groups in total. The molecule has 5 nitrogen and oxygen atoms in total. The zero-order valence-electron chi connectivity index (χ0n) is 14.7. The molecule has 0 saturated heterocycles. The second-order valence-corrected chi connectivity index (χ2v) is 5.94. The molecule has 1 rings (SSSR count). The fourth-order valence-electron chi connectivity index (χ4n) is 2.09. The number of ether oxygens (including phenoxy) is 1. The number of hydrogen-bond donors (Lipinski definition) is 3. The van der Waals surface area contributed by atoms with Crippen LogP contribution < -0.4 is 15.4 Å². The monoisotopic (exact) mass is 435 g/mol. The van der Waals surface area contributed by atoms with Gasteiger partial charge in [0.05, 0.1) is 7.11 Å².